The first-order valence-corrected chi connectivity index (χ1v) is 7.53. The van der Waals surface area contributed by atoms with Gasteiger partial charge in [0.25, 0.3) is 0 Å². The van der Waals surface area contributed by atoms with Crippen LogP contribution in [0.15, 0.2) is 48.5 Å². The summed E-state index contributed by atoms with van der Waals surface area (Å²) in [6, 6.07) is 15.1. The molecule has 110 valence electrons. The van der Waals surface area contributed by atoms with Gasteiger partial charge in [0, 0.05) is 24.7 Å². The predicted molar refractivity (Wildman–Crippen MR) is 83.4 cm³/mol. The first-order chi connectivity index (χ1) is 10.2. The highest BCUT2D eigenvalue weighted by molar-refractivity contribution is 5.28. The number of benzene rings is 2. The molecule has 0 amide bonds. The van der Waals surface area contributed by atoms with Crippen molar-refractivity contribution >= 4 is 0 Å². The van der Waals surface area contributed by atoms with Crippen LogP contribution in [0.3, 0.4) is 0 Å². The fraction of sp³-hybridized carbons (Fsp3) is 0.333. The molecule has 2 aromatic rings. The van der Waals surface area contributed by atoms with Crippen LogP contribution in [-0.4, -0.2) is 18.0 Å². The number of aryl methyl sites for hydroxylation is 1. The summed E-state index contributed by atoms with van der Waals surface area (Å²) in [4.78, 5) is 2.34. The van der Waals surface area contributed by atoms with E-state index in [2.05, 4.69) is 29.2 Å². The third-order valence-electron chi connectivity index (χ3n) is 4.19. The zero-order valence-corrected chi connectivity index (χ0v) is 12.1. The van der Waals surface area contributed by atoms with Crippen molar-refractivity contribution in [3.63, 3.8) is 0 Å². The van der Waals surface area contributed by atoms with E-state index in [1.807, 2.05) is 6.07 Å². The zero-order valence-electron chi connectivity index (χ0n) is 12.1. The monoisotopic (exact) mass is 284 g/mol. The number of rotatable bonds is 3. The van der Waals surface area contributed by atoms with Crippen molar-refractivity contribution in [2.24, 2.45) is 5.73 Å². The predicted octanol–water partition coefficient (Wildman–Crippen LogP) is 3.27. The van der Waals surface area contributed by atoms with Crippen LogP contribution in [0.5, 0.6) is 0 Å². The number of nitrogens with two attached hydrogens (primary N) is 1. The van der Waals surface area contributed by atoms with Gasteiger partial charge < -0.3 is 5.73 Å². The highest BCUT2D eigenvalue weighted by Crippen LogP contribution is 2.21. The van der Waals surface area contributed by atoms with Gasteiger partial charge in [-0.15, -0.1) is 0 Å². The van der Waals surface area contributed by atoms with Crippen LogP contribution < -0.4 is 5.73 Å². The molecule has 1 aliphatic rings. The smallest absolute Gasteiger partial charge is 0.128 e. The van der Waals surface area contributed by atoms with Crippen LogP contribution in [0.4, 0.5) is 4.39 Å². The fourth-order valence-electron chi connectivity index (χ4n) is 3.08. The minimum absolute atomic E-state index is 0.208. The van der Waals surface area contributed by atoms with Crippen LogP contribution in [-0.2, 0) is 13.0 Å². The molecule has 1 aliphatic heterocycles. The van der Waals surface area contributed by atoms with Crippen LogP contribution in [0.2, 0.25) is 0 Å². The summed E-state index contributed by atoms with van der Waals surface area (Å²) in [6.07, 6.45) is 2.24. The summed E-state index contributed by atoms with van der Waals surface area (Å²) < 4.78 is 13.8. The van der Waals surface area contributed by atoms with Gasteiger partial charge in [0.2, 0.25) is 0 Å². The van der Waals surface area contributed by atoms with Gasteiger partial charge in [0.15, 0.2) is 0 Å². The van der Waals surface area contributed by atoms with Crippen molar-refractivity contribution in [1.29, 1.82) is 0 Å². The van der Waals surface area contributed by atoms with Gasteiger partial charge in [-0.3, -0.25) is 4.90 Å². The molecule has 0 fully saturated rings. The highest BCUT2D eigenvalue weighted by atomic mass is 19.1. The Morgan fingerprint density at radius 1 is 1.05 bits per heavy atom. The van der Waals surface area contributed by atoms with E-state index in [9.17, 15) is 4.39 Å². The Labute approximate surface area is 125 Å². The van der Waals surface area contributed by atoms with E-state index in [1.54, 1.807) is 12.1 Å². The standard InChI is InChI=1S/C18H21FN2/c19-17-10-4-3-9-16(17)18(20)13-21-11-5-8-14-6-1-2-7-15(14)12-21/h1-4,6-7,9-10,18H,5,8,11-13,20H2. The number of halogens is 1. The van der Waals surface area contributed by atoms with Crippen molar-refractivity contribution in [3.8, 4) is 0 Å². The molecule has 0 bridgehead atoms. The normalized spacial score (nSPS) is 17.0. The lowest BCUT2D eigenvalue weighted by atomic mass is 10.0. The second-order valence-corrected chi connectivity index (χ2v) is 5.74. The fourth-order valence-corrected chi connectivity index (χ4v) is 3.08. The van der Waals surface area contributed by atoms with Crippen LogP contribution in [0.1, 0.15) is 29.2 Å². The van der Waals surface area contributed by atoms with Gasteiger partial charge in [0.1, 0.15) is 5.82 Å². The first-order valence-electron chi connectivity index (χ1n) is 7.53. The van der Waals surface area contributed by atoms with Crippen molar-refractivity contribution < 1.29 is 4.39 Å². The molecule has 0 saturated carbocycles. The van der Waals surface area contributed by atoms with E-state index in [-0.39, 0.29) is 11.9 Å². The Morgan fingerprint density at radius 3 is 2.57 bits per heavy atom. The summed E-state index contributed by atoms with van der Waals surface area (Å²) in [6.45, 7) is 2.60. The molecular formula is C18H21FN2. The van der Waals surface area contributed by atoms with E-state index >= 15 is 0 Å². The van der Waals surface area contributed by atoms with Crippen molar-refractivity contribution in [2.45, 2.75) is 25.4 Å². The second-order valence-electron chi connectivity index (χ2n) is 5.74. The third-order valence-corrected chi connectivity index (χ3v) is 4.19. The Balaban J connectivity index is 1.72. The molecule has 3 rings (SSSR count). The molecule has 0 aromatic heterocycles. The number of nitrogens with zero attached hydrogens (tertiary/aromatic N) is 1. The molecule has 1 unspecified atom stereocenters. The van der Waals surface area contributed by atoms with Gasteiger partial charge in [-0.25, -0.2) is 4.39 Å². The topological polar surface area (TPSA) is 29.3 Å². The molecule has 2 N–H and O–H groups in total. The maximum atomic E-state index is 13.8. The van der Waals surface area contributed by atoms with E-state index < -0.39 is 0 Å². The maximum absolute atomic E-state index is 13.8. The quantitative estimate of drug-likeness (QED) is 0.937. The van der Waals surface area contributed by atoms with Crippen molar-refractivity contribution in [3.05, 3.63) is 71.0 Å². The molecule has 0 saturated heterocycles. The molecule has 21 heavy (non-hydrogen) atoms. The minimum atomic E-state index is -0.281. The minimum Gasteiger partial charge on any atom is -0.323 e. The summed E-state index contributed by atoms with van der Waals surface area (Å²) in [7, 11) is 0. The lowest BCUT2D eigenvalue weighted by Crippen LogP contribution is -2.32. The van der Waals surface area contributed by atoms with E-state index in [1.165, 1.54) is 17.2 Å². The third kappa shape index (κ3) is 3.31. The average molecular weight is 284 g/mol. The largest absolute Gasteiger partial charge is 0.323 e. The SMILES string of the molecule is NC(CN1CCCc2ccccc2C1)c1ccccc1F. The van der Waals surface area contributed by atoms with Gasteiger partial charge >= 0.3 is 0 Å². The summed E-state index contributed by atoms with van der Waals surface area (Å²) in [5, 5.41) is 0. The van der Waals surface area contributed by atoms with Crippen LogP contribution >= 0.6 is 0 Å². The lowest BCUT2D eigenvalue weighted by Gasteiger charge is -2.24. The Hall–Kier alpha value is -1.71. The number of fused-ring (bicyclic) bond motifs is 1. The highest BCUT2D eigenvalue weighted by Gasteiger charge is 2.18. The van der Waals surface area contributed by atoms with E-state index in [0.717, 1.165) is 25.9 Å². The molecular weight excluding hydrogens is 263 g/mol. The molecule has 0 spiro atoms. The van der Waals surface area contributed by atoms with Crippen LogP contribution in [0, 0.1) is 5.82 Å². The maximum Gasteiger partial charge on any atom is 0.128 e. The molecule has 2 aromatic carbocycles. The molecule has 0 radical (unpaired) electrons. The van der Waals surface area contributed by atoms with Gasteiger partial charge in [-0.2, -0.15) is 0 Å². The van der Waals surface area contributed by atoms with Crippen molar-refractivity contribution in [2.75, 3.05) is 13.1 Å². The van der Waals surface area contributed by atoms with Gasteiger partial charge in [-0.05, 0) is 36.6 Å². The Bertz CT molecular complexity index is 612. The number of hydrogen-bond acceptors (Lipinski definition) is 2. The molecule has 1 atom stereocenters. The summed E-state index contributed by atoms with van der Waals surface area (Å²) >= 11 is 0. The molecule has 3 heteroatoms. The average Bonchev–Trinajstić information content (AvgIpc) is 2.69. The van der Waals surface area contributed by atoms with Gasteiger partial charge in [-0.1, -0.05) is 42.5 Å². The Morgan fingerprint density at radius 2 is 1.76 bits per heavy atom. The second kappa shape index (κ2) is 6.37. The summed E-state index contributed by atoms with van der Waals surface area (Å²) in [5.41, 5.74) is 9.62. The van der Waals surface area contributed by atoms with E-state index in [0.29, 0.717) is 12.1 Å². The molecule has 2 nitrogen and oxygen atoms in total. The van der Waals surface area contributed by atoms with Crippen LogP contribution in [0.25, 0.3) is 0 Å². The van der Waals surface area contributed by atoms with Crippen molar-refractivity contribution in [1.82, 2.24) is 4.90 Å². The zero-order chi connectivity index (χ0) is 14.7. The number of hydrogen-bond donors (Lipinski definition) is 1. The van der Waals surface area contributed by atoms with E-state index in [4.69, 9.17) is 5.73 Å². The van der Waals surface area contributed by atoms with Gasteiger partial charge in [0.05, 0.1) is 0 Å². The lowest BCUT2D eigenvalue weighted by molar-refractivity contribution is 0.251. The molecule has 0 aliphatic carbocycles. The molecule has 1 heterocycles. The first kappa shape index (κ1) is 14.2. The summed E-state index contributed by atoms with van der Waals surface area (Å²) in [5.74, 6) is -0.208. The Kier molecular flexibility index (Phi) is 4.32.